The van der Waals surface area contributed by atoms with Crippen LogP contribution in [0.15, 0.2) is 24.7 Å². The van der Waals surface area contributed by atoms with E-state index < -0.39 is 0 Å². The molecule has 1 aliphatic rings. The molecule has 2 aromatic heterocycles. The fourth-order valence-corrected chi connectivity index (χ4v) is 2.78. The molecule has 0 aliphatic carbocycles. The highest BCUT2D eigenvalue weighted by atomic mass is 15.3. The van der Waals surface area contributed by atoms with Gasteiger partial charge in [-0.15, -0.1) is 0 Å². The Morgan fingerprint density at radius 3 is 2.86 bits per heavy atom. The minimum absolute atomic E-state index is 0.574. The van der Waals surface area contributed by atoms with Crippen molar-refractivity contribution in [2.24, 2.45) is 7.05 Å². The highest BCUT2D eigenvalue weighted by molar-refractivity contribution is 5.58. The molecule has 0 amide bonds. The third kappa shape index (κ3) is 2.90. The molecule has 6 nitrogen and oxygen atoms in total. The van der Waals surface area contributed by atoms with Gasteiger partial charge in [-0.05, 0) is 19.5 Å². The minimum atomic E-state index is 0.574. The number of hydrogen-bond acceptors (Lipinski definition) is 5. The number of aryl methyl sites for hydroxylation is 1. The van der Waals surface area contributed by atoms with Crippen molar-refractivity contribution >= 4 is 5.95 Å². The van der Waals surface area contributed by atoms with E-state index in [9.17, 15) is 0 Å². The smallest absolute Gasteiger partial charge is 0.225 e. The van der Waals surface area contributed by atoms with E-state index in [1.165, 1.54) is 0 Å². The Morgan fingerprint density at radius 2 is 2.14 bits per heavy atom. The van der Waals surface area contributed by atoms with Crippen molar-refractivity contribution < 1.29 is 0 Å². The zero-order valence-electron chi connectivity index (χ0n) is 12.9. The van der Waals surface area contributed by atoms with Crippen molar-refractivity contribution in [1.82, 2.24) is 24.6 Å². The van der Waals surface area contributed by atoms with E-state index in [0.29, 0.717) is 6.04 Å². The highest BCUT2D eigenvalue weighted by Gasteiger charge is 2.24. The van der Waals surface area contributed by atoms with Gasteiger partial charge in [-0.25, -0.2) is 9.97 Å². The maximum atomic E-state index is 4.72. The fourth-order valence-electron chi connectivity index (χ4n) is 2.78. The second kappa shape index (κ2) is 5.81. The maximum absolute atomic E-state index is 4.72. The number of likely N-dealkylation sites (N-methyl/N-ethyl adjacent to an activating group) is 1. The van der Waals surface area contributed by atoms with Crippen LogP contribution in [0.1, 0.15) is 13.3 Å². The van der Waals surface area contributed by atoms with Gasteiger partial charge in [0, 0.05) is 50.7 Å². The van der Waals surface area contributed by atoms with Crippen LogP contribution in [0.5, 0.6) is 0 Å². The minimum Gasteiger partial charge on any atom is -0.338 e. The molecule has 0 bridgehead atoms. The van der Waals surface area contributed by atoms with Crippen LogP contribution in [-0.2, 0) is 7.05 Å². The number of piperazine rings is 1. The summed E-state index contributed by atoms with van der Waals surface area (Å²) in [5.41, 5.74) is 1.96. The average molecular weight is 286 g/mol. The van der Waals surface area contributed by atoms with Gasteiger partial charge in [0.25, 0.3) is 0 Å². The van der Waals surface area contributed by atoms with Crippen molar-refractivity contribution in [3.8, 4) is 11.3 Å². The normalized spacial score (nSPS) is 20.0. The van der Waals surface area contributed by atoms with Crippen LogP contribution in [0.4, 0.5) is 5.95 Å². The summed E-state index contributed by atoms with van der Waals surface area (Å²) in [6.45, 7) is 5.25. The van der Waals surface area contributed by atoms with Crippen molar-refractivity contribution in [3.63, 3.8) is 0 Å². The third-order valence-corrected chi connectivity index (χ3v) is 4.17. The molecule has 0 spiro atoms. The van der Waals surface area contributed by atoms with Crippen LogP contribution in [0.2, 0.25) is 0 Å². The van der Waals surface area contributed by atoms with Gasteiger partial charge in [0.1, 0.15) is 0 Å². The highest BCUT2D eigenvalue weighted by Crippen LogP contribution is 2.20. The summed E-state index contributed by atoms with van der Waals surface area (Å²) in [7, 11) is 4.11. The van der Waals surface area contributed by atoms with Gasteiger partial charge < -0.3 is 4.90 Å². The molecule has 1 saturated heterocycles. The lowest BCUT2D eigenvalue weighted by molar-refractivity contribution is 0.212. The van der Waals surface area contributed by atoms with E-state index in [-0.39, 0.29) is 0 Å². The molecule has 6 heteroatoms. The van der Waals surface area contributed by atoms with E-state index >= 15 is 0 Å². The molecule has 112 valence electrons. The van der Waals surface area contributed by atoms with Crippen molar-refractivity contribution in [1.29, 1.82) is 0 Å². The van der Waals surface area contributed by atoms with E-state index in [1.807, 2.05) is 31.7 Å². The van der Waals surface area contributed by atoms with Gasteiger partial charge in [0.15, 0.2) is 0 Å². The Bertz CT molecular complexity index is 608. The topological polar surface area (TPSA) is 50.1 Å². The van der Waals surface area contributed by atoms with Gasteiger partial charge in [0.05, 0.1) is 11.9 Å². The Labute approximate surface area is 125 Å². The molecule has 3 heterocycles. The van der Waals surface area contributed by atoms with Crippen LogP contribution in [0.25, 0.3) is 11.3 Å². The molecule has 1 atom stereocenters. The predicted octanol–water partition coefficient (Wildman–Crippen LogP) is 1.41. The average Bonchev–Trinajstić information content (AvgIpc) is 2.94. The van der Waals surface area contributed by atoms with E-state index in [0.717, 1.165) is 43.3 Å². The molecular formula is C15H22N6. The predicted molar refractivity (Wildman–Crippen MR) is 83.2 cm³/mol. The molecular weight excluding hydrogens is 264 g/mol. The summed E-state index contributed by atoms with van der Waals surface area (Å²) in [5, 5.41) is 4.21. The van der Waals surface area contributed by atoms with Crippen LogP contribution in [0, 0.1) is 0 Å². The van der Waals surface area contributed by atoms with Crippen LogP contribution in [-0.4, -0.2) is 57.4 Å². The number of aromatic nitrogens is 4. The first kappa shape index (κ1) is 14.0. The molecule has 3 rings (SSSR count). The van der Waals surface area contributed by atoms with Crippen molar-refractivity contribution in [2.75, 3.05) is 31.6 Å². The van der Waals surface area contributed by atoms with Gasteiger partial charge in [-0.2, -0.15) is 5.10 Å². The SMILES string of the molecule is CC[C@H]1CN(c2nccc(-c3cnn(C)c3)n2)CCN1C. The molecule has 0 unspecified atom stereocenters. The lowest BCUT2D eigenvalue weighted by atomic mass is 10.1. The monoisotopic (exact) mass is 286 g/mol. The number of nitrogens with zero attached hydrogens (tertiary/aromatic N) is 6. The second-order valence-corrected chi connectivity index (χ2v) is 5.63. The zero-order chi connectivity index (χ0) is 14.8. The molecule has 0 radical (unpaired) electrons. The van der Waals surface area contributed by atoms with E-state index in [4.69, 9.17) is 4.98 Å². The summed E-state index contributed by atoms with van der Waals surface area (Å²) in [6, 6.07) is 2.51. The Hall–Kier alpha value is -1.95. The lowest BCUT2D eigenvalue weighted by Gasteiger charge is -2.39. The fraction of sp³-hybridized carbons (Fsp3) is 0.533. The van der Waals surface area contributed by atoms with Crippen LogP contribution < -0.4 is 4.90 Å². The molecule has 1 aliphatic heterocycles. The Morgan fingerprint density at radius 1 is 1.29 bits per heavy atom. The molecule has 0 N–H and O–H groups in total. The number of hydrogen-bond donors (Lipinski definition) is 0. The summed E-state index contributed by atoms with van der Waals surface area (Å²) in [5.74, 6) is 0.822. The van der Waals surface area contributed by atoms with Gasteiger partial charge in [-0.1, -0.05) is 6.92 Å². The quantitative estimate of drug-likeness (QED) is 0.854. The summed E-state index contributed by atoms with van der Waals surface area (Å²) in [6.07, 6.45) is 6.80. The standard InChI is InChI=1S/C15H22N6/c1-4-13-11-21(8-7-19(13)2)15-16-6-5-14(18-15)12-9-17-20(3)10-12/h5-6,9-10,13H,4,7-8,11H2,1-3H3/t13-/m0/s1. The largest absolute Gasteiger partial charge is 0.338 e. The molecule has 0 aromatic carbocycles. The van der Waals surface area contributed by atoms with Crippen molar-refractivity contribution in [2.45, 2.75) is 19.4 Å². The van der Waals surface area contributed by atoms with Gasteiger partial charge in [-0.3, -0.25) is 9.58 Å². The first-order valence-corrected chi connectivity index (χ1v) is 7.44. The van der Waals surface area contributed by atoms with E-state index in [1.54, 1.807) is 4.68 Å². The molecule has 2 aromatic rings. The molecule has 0 saturated carbocycles. The second-order valence-electron chi connectivity index (χ2n) is 5.63. The number of rotatable bonds is 3. The summed E-state index contributed by atoms with van der Waals surface area (Å²) >= 11 is 0. The van der Waals surface area contributed by atoms with Gasteiger partial charge >= 0.3 is 0 Å². The summed E-state index contributed by atoms with van der Waals surface area (Å²) in [4.78, 5) is 13.9. The summed E-state index contributed by atoms with van der Waals surface area (Å²) < 4.78 is 1.79. The first-order chi connectivity index (χ1) is 10.2. The third-order valence-electron chi connectivity index (χ3n) is 4.17. The Kier molecular flexibility index (Phi) is 3.88. The number of anilines is 1. The molecule has 21 heavy (non-hydrogen) atoms. The first-order valence-electron chi connectivity index (χ1n) is 7.44. The Balaban J connectivity index is 1.83. The van der Waals surface area contributed by atoms with Crippen LogP contribution >= 0.6 is 0 Å². The van der Waals surface area contributed by atoms with Crippen LogP contribution in [0.3, 0.4) is 0 Å². The van der Waals surface area contributed by atoms with Gasteiger partial charge in [0.2, 0.25) is 5.95 Å². The van der Waals surface area contributed by atoms with E-state index in [2.05, 4.69) is 33.9 Å². The lowest BCUT2D eigenvalue weighted by Crippen LogP contribution is -2.51. The van der Waals surface area contributed by atoms with Crippen molar-refractivity contribution in [3.05, 3.63) is 24.7 Å². The molecule has 1 fully saturated rings. The zero-order valence-corrected chi connectivity index (χ0v) is 12.9. The maximum Gasteiger partial charge on any atom is 0.225 e.